The first-order chi connectivity index (χ1) is 28.8. The second-order valence-corrected chi connectivity index (χ2v) is 18.0. The summed E-state index contributed by atoms with van der Waals surface area (Å²) in [7, 11) is 9.69. The van der Waals surface area contributed by atoms with Crippen molar-refractivity contribution >= 4 is 58.8 Å². The lowest BCUT2D eigenvalue weighted by molar-refractivity contribution is -0.161. The van der Waals surface area contributed by atoms with E-state index in [4.69, 9.17) is 35.3 Å². The number of carbonyl (C=O) groups excluding carboxylic acids is 5. The maximum absolute atomic E-state index is 14.3. The Balaban J connectivity index is 1.58. The van der Waals surface area contributed by atoms with Crippen LogP contribution in [0.25, 0.3) is 0 Å². The molecule has 0 radical (unpaired) electrons. The minimum atomic E-state index is -1.68. The van der Waals surface area contributed by atoms with Gasteiger partial charge in [0.2, 0.25) is 17.7 Å². The number of carbonyl (C=O) groups is 5. The van der Waals surface area contributed by atoms with E-state index in [2.05, 4.69) is 10.6 Å². The van der Waals surface area contributed by atoms with E-state index in [0.717, 1.165) is 11.1 Å². The Bertz CT molecular complexity index is 1820. The normalized spacial score (nSPS) is 28.8. The summed E-state index contributed by atoms with van der Waals surface area (Å²) in [6.45, 7) is 8.33. The summed E-state index contributed by atoms with van der Waals surface area (Å²) in [4.78, 5) is 71.0. The average Bonchev–Trinajstić information content (AvgIpc) is 3.92. The van der Waals surface area contributed by atoms with Crippen molar-refractivity contribution < 1.29 is 52.8 Å². The molecule has 0 aliphatic carbocycles. The second kappa shape index (κ2) is 22.0. The summed E-state index contributed by atoms with van der Waals surface area (Å²) in [5.41, 5.74) is -0.756. The van der Waals surface area contributed by atoms with Crippen LogP contribution in [-0.4, -0.2) is 153 Å². The van der Waals surface area contributed by atoms with E-state index >= 15 is 0 Å². The number of methoxy groups -OCH3 is 2. The molecule has 1 unspecified atom stereocenters. The predicted molar refractivity (Wildman–Crippen MR) is 234 cm³/mol. The van der Waals surface area contributed by atoms with Crippen molar-refractivity contribution in [2.75, 3.05) is 71.9 Å². The zero-order valence-corrected chi connectivity index (χ0v) is 38.7. The summed E-state index contributed by atoms with van der Waals surface area (Å²) < 4.78 is 29.4. The number of halogens is 1. The summed E-state index contributed by atoms with van der Waals surface area (Å²) in [6.07, 6.45) is 2.18. The van der Waals surface area contributed by atoms with Gasteiger partial charge in [0.05, 0.1) is 31.4 Å². The van der Waals surface area contributed by atoms with Crippen LogP contribution >= 0.6 is 23.4 Å². The molecule has 61 heavy (non-hydrogen) atoms. The number of thioether (sulfide) groups is 1. The highest BCUT2D eigenvalue weighted by Gasteiger charge is 2.64. The first kappa shape index (κ1) is 49.8. The number of nitrogens with one attached hydrogen (secondary N) is 2. The maximum atomic E-state index is 14.3. The standard InChI is InChI=1S/C43H64ClN5O11S/c1-26-12-11-13-30(56-9)24-43(55)25-33(58-41(54)46-43)27(2)39-42(4,60-39)34(23-37(52)49(8)31-21-29(20-26)22-32(57-10)38(31)44)59-40(53)28(3)48(7)36(51)15-19-61-18-14-35(50)47(6)17-16-45-5/h11-13,21-22,27-28,30,33-34,39,45,55H,14-20,23-25H2,1-10H3,(H,46,54)/b13-11+,26-12+/t27-,28+,30-,33+,34+,39+,42?,43-/m1/s1. The number of epoxide rings is 1. The summed E-state index contributed by atoms with van der Waals surface area (Å²) >= 11 is 8.28. The molecular formula is C43H64ClN5O11S. The van der Waals surface area contributed by atoms with Crippen molar-refractivity contribution in [2.24, 2.45) is 5.92 Å². The fraction of sp³-hybridized carbons (Fsp3) is 0.651. The molecule has 3 N–H and O–H groups in total. The highest BCUT2D eigenvalue weighted by Crippen LogP contribution is 2.49. The number of esters is 1. The Morgan fingerprint density at radius 2 is 1.84 bits per heavy atom. The molecule has 3 heterocycles. The average molecular weight is 895 g/mol. The monoisotopic (exact) mass is 893 g/mol. The van der Waals surface area contributed by atoms with Gasteiger partial charge in [-0.1, -0.05) is 42.3 Å². The zero-order valence-electron chi connectivity index (χ0n) is 37.1. The van der Waals surface area contributed by atoms with Crippen molar-refractivity contribution in [3.63, 3.8) is 0 Å². The number of hydrogen-bond acceptors (Lipinski definition) is 13. The Morgan fingerprint density at radius 1 is 1.15 bits per heavy atom. The van der Waals surface area contributed by atoms with Gasteiger partial charge in [0.1, 0.15) is 40.3 Å². The molecule has 16 nitrogen and oxygen atoms in total. The Hall–Kier alpha value is -3.87. The number of aliphatic hydroxyl groups is 1. The molecule has 8 atom stereocenters. The van der Waals surface area contributed by atoms with Crippen LogP contribution in [0.1, 0.15) is 65.4 Å². The quantitative estimate of drug-likeness (QED) is 0.138. The van der Waals surface area contributed by atoms with Gasteiger partial charge in [0, 0.05) is 84.4 Å². The Labute approximate surface area is 369 Å². The number of benzene rings is 1. The lowest BCUT2D eigenvalue weighted by atomic mass is 9.83. The van der Waals surface area contributed by atoms with E-state index in [1.54, 1.807) is 51.1 Å². The predicted octanol–water partition coefficient (Wildman–Crippen LogP) is 4.10. The first-order valence-electron chi connectivity index (χ1n) is 20.6. The van der Waals surface area contributed by atoms with Gasteiger partial charge in [-0.3, -0.25) is 19.7 Å². The van der Waals surface area contributed by atoms with Crippen LogP contribution < -0.4 is 20.3 Å². The largest absolute Gasteiger partial charge is 0.495 e. The number of allylic oxidation sites excluding steroid dienone is 3. The van der Waals surface area contributed by atoms with Crippen LogP contribution in [0.5, 0.6) is 5.75 Å². The lowest BCUT2D eigenvalue weighted by Gasteiger charge is -2.40. The number of anilines is 1. The molecule has 1 aromatic carbocycles. The van der Waals surface area contributed by atoms with Gasteiger partial charge >= 0.3 is 12.1 Å². The van der Waals surface area contributed by atoms with Gasteiger partial charge in [-0.05, 0) is 51.9 Å². The molecule has 0 saturated carbocycles. The molecule has 2 saturated heterocycles. The number of hydrogen-bond donors (Lipinski definition) is 3. The number of nitrogens with zero attached hydrogens (tertiary/aromatic N) is 3. The first-order valence-corrected chi connectivity index (χ1v) is 22.1. The number of fused-ring (bicyclic) bond motifs is 5. The number of likely N-dealkylation sites (N-methyl/N-ethyl adjacent to an activating group) is 3. The number of rotatable bonds is 14. The van der Waals surface area contributed by atoms with Crippen LogP contribution in [0, 0.1) is 5.92 Å². The molecular weight excluding hydrogens is 830 g/mol. The molecule has 4 rings (SSSR count). The minimum Gasteiger partial charge on any atom is -0.495 e. The van der Waals surface area contributed by atoms with Crippen LogP contribution in [0.2, 0.25) is 5.02 Å². The summed E-state index contributed by atoms with van der Waals surface area (Å²) in [6, 6.07) is 2.58. The third-order valence-corrected chi connectivity index (χ3v) is 13.1. The molecule has 18 heteroatoms. The van der Waals surface area contributed by atoms with Crippen LogP contribution in [0.4, 0.5) is 10.5 Å². The zero-order chi connectivity index (χ0) is 45.2. The fourth-order valence-electron chi connectivity index (χ4n) is 7.55. The van der Waals surface area contributed by atoms with Crippen molar-refractivity contribution in [1.82, 2.24) is 20.4 Å². The van der Waals surface area contributed by atoms with E-state index in [1.165, 1.54) is 42.8 Å². The lowest BCUT2D eigenvalue weighted by Crippen LogP contribution is -2.59. The Morgan fingerprint density at radius 3 is 2.49 bits per heavy atom. The SMILES string of the molecule is CNCCN(C)C(=O)CCSCCC(=O)N(C)[C@@H](C)C(=O)O[C@H]1CC(=O)N(C)c2cc(cc(OC)c2Cl)C/C(C)=C/C=C/[C@@H](OC)C[C@@]2(O)C[C@H](OC(=O)N2)[C@@H](C)[C@@H]2OC12C. The molecule has 3 aliphatic rings. The molecule has 340 valence electrons. The van der Waals surface area contributed by atoms with Crippen LogP contribution in [0.3, 0.4) is 0 Å². The van der Waals surface area contributed by atoms with Gasteiger partial charge in [0.25, 0.3) is 0 Å². The fourth-order valence-corrected chi connectivity index (χ4v) is 8.71. The van der Waals surface area contributed by atoms with E-state index < -0.39 is 65.7 Å². The van der Waals surface area contributed by atoms with E-state index in [9.17, 15) is 29.1 Å². The molecule has 2 fully saturated rings. The van der Waals surface area contributed by atoms with E-state index in [-0.39, 0.29) is 42.5 Å². The van der Waals surface area contributed by atoms with Crippen molar-refractivity contribution in [2.45, 2.75) is 108 Å². The van der Waals surface area contributed by atoms with Gasteiger partial charge in [0.15, 0.2) is 0 Å². The summed E-state index contributed by atoms with van der Waals surface area (Å²) in [5.74, 6) is -0.600. The third-order valence-electron chi connectivity index (χ3n) is 11.8. The smallest absolute Gasteiger partial charge is 0.409 e. The third kappa shape index (κ3) is 13.1. The van der Waals surface area contributed by atoms with Gasteiger partial charge in [-0.2, -0.15) is 11.8 Å². The van der Waals surface area contributed by atoms with Gasteiger partial charge < -0.3 is 48.8 Å². The molecule has 0 spiro atoms. The topological polar surface area (TPSA) is 189 Å². The Kier molecular flexibility index (Phi) is 17.9. The molecule has 4 amide bonds. The van der Waals surface area contributed by atoms with E-state index in [0.29, 0.717) is 48.9 Å². The van der Waals surface area contributed by atoms with Gasteiger partial charge in [-0.25, -0.2) is 9.59 Å². The van der Waals surface area contributed by atoms with Crippen LogP contribution in [-0.2, 0) is 44.5 Å². The second-order valence-electron chi connectivity index (χ2n) is 16.4. The minimum absolute atomic E-state index is 0.00572. The number of ether oxygens (including phenoxy) is 5. The van der Waals surface area contributed by atoms with Crippen molar-refractivity contribution in [3.05, 3.63) is 46.5 Å². The molecule has 3 aliphatic heterocycles. The number of amides is 4. The highest BCUT2D eigenvalue weighted by atomic mass is 35.5. The van der Waals surface area contributed by atoms with Gasteiger partial charge in [-0.15, -0.1) is 0 Å². The van der Waals surface area contributed by atoms with E-state index in [1.807, 2.05) is 33.0 Å². The number of alkyl carbamates (subject to hydrolysis) is 1. The van der Waals surface area contributed by atoms with Crippen LogP contribution in [0.15, 0.2) is 35.9 Å². The summed E-state index contributed by atoms with van der Waals surface area (Å²) in [5, 5.41) is 17.5. The van der Waals surface area contributed by atoms with Crippen molar-refractivity contribution in [3.8, 4) is 5.75 Å². The molecule has 0 aromatic heterocycles. The molecule has 4 bridgehead atoms. The molecule has 1 aromatic rings. The highest BCUT2D eigenvalue weighted by molar-refractivity contribution is 7.99. The van der Waals surface area contributed by atoms with Crippen molar-refractivity contribution in [1.29, 1.82) is 0 Å². The maximum Gasteiger partial charge on any atom is 0.409 e.